The summed E-state index contributed by atoms with van der Waals surface area (Å²) in [6, 6.07) is 18.1. The van der Waals surface area contributed by atoms with Crippen LogP contribution in [-0.2, 0) is 21.7 Å². The molecule has 2 unspecified atom stereocenters. The molecule has 0 N–H and O–H groups in total. The first kappa shape index (κ1) is 11.9. The van der Waals surface area contributed by atoms with E-state index in [4.69, 9.17) is 14.2 Å². The molecule has 2 aliphatic heterocycles. The van der Waals surface area contributed by atoms with E-state index in [0.29, 0.717) is 0 Å². The normalized spacial score (nSPS) is 31.2. The zero-order valence-corrected chi connectivity index (χ0v) is 11.3. The van der Waals surface area contributed by atoms with E-state index >= 15 is 0 Å². The molecule has 20 heavy (non-hydrogen) atoms. The van der Waals surface area contributed by atoms with Crippen molar-refractivity contribution in [3.63, 3.8) is 0 Å². The Bertz CT molecular complexity index is 640. The third kappa shape index (κ3) is 1.48. The summed E-state index contributed by atoms with van der Waals surface area (Å²) in [5.41, 5.74) is 1.64. The Balaban J connectivity index is 1.90. The predicted molar refractivity (Wildman–Crippen MR) is 74.3 cm³/mol. The summed E-state index contributed by atoms with van der Waals surface area (Å²) in [5, 5.41) is 0. The van der Waals surface area contributed by atoms with Crippen LogP contribution in [0.2, 0.25) is 0 Å². The van der Waals surface area contributed by atoms with Crippen LogP contribution >= 0.6 is 0 Å². The molecule has 2 aliphatic rings. The van der Waals surface area contributed by atoms with Crippen LogP contribution in [0.4, 0.5) is 0 Å². The maximum Gasteiger partial charge on any atom is 0.268 e. The maximum absolute atomic E-state index is 6.29. The van der Waals surface area contributed by atoms with Gasteiger partial charge in [0, 0.05) is 12.0 Å². The molecule has 0 aromatic heterocycles. The van der Waals surface area contributed by atoms with Crippen molar-refractivity contribution in [1.29, 1.82) is 0 Å². The molecule has 4 rings (SSSR count). The highest BCUT2D eigenvalue weighted by atomic mass is 16.8. The van der Waals surface area contributed by atoms with Crippen LogP contribution in [0.25, 0.3) is 0 Å². The van der Waals surface area contributed by atoms with Crippen LogP contribution in [0.1, 0.15) is 18.1 Å². The van der Waals surface area contributed by atoms with E-state index in [-0.39, 0.29) is 6.79 Å². The topological polar surface area (TPSA) is 27.7 Å². The van der Waals surface area contributed by atoms with Crippen LogP contribution in [0.3, 0.4) is 0 Å². The zero-order valence-electron chi connectivity index (χ0n) is 11.3. The Morgan fingerprint density at radius 2 is 1.65 bits per heavy atom. The van der Waals surface area contributed by atoms with Gasteiger partial charge in [-0.3, -0.25) is 0 Å². The quantitative estimate of drug-likeness (QED) is 0.794. The van der Waals surface area contributed by atoms with Gasteiger partial charge in [-0.05, 0) is 18.6 Å². The standard InChI is InChI=1S/C17H16O3/c1-16-11-13-7-5-6-10-15(13)20-17(16,19-12-18-16)14-8-3-2-4-9-14/h2-10H,11-12H2,1H3. The van der Waals surface area contributed by atoms with Gasteiger partial charge in [-0.15, -0.1) is 0 Å². The van der Waals surface area contributed by atoms with E-state index in [1.165, 1.54) is 0 Å². The zero-order chi connectivity index (χ0) is 13.6. The van der Waals surface area contributed by atoms with Crippen molar-refractivity contribution in [3.8, 4) is 5.75 Å². The number of hydrogen-bond donors (Lipinski definition) is 0. The van der Waals surface area contributed by atoms with Gasteiger partial charge in [0.2, 0.25) is 0 Å². The van der Waals surface area contributed by atoms with Crippen LogP contribution in [0, 0.1) is 0 Å². The highest BCUT2D eigenvalue weighted by molar-refractivity contribution is 5.41. The fourth-order valence-corrected chi connectivity index (χ4v) is 3.17. The third-order valence-corrected chi connectivity index (χ3v) is 4.24. The molecule has 2 heterocycles. The first-order valence-electron chi connectivity index (χ1n) is 6.84. The van der Waals surface area contributed by atoms with Crippen molar-refractivity contribution in [3.05, 3.63) is 65.7 Å². The van der Waals surface area contributed by atoms with E-state index in [9.17, 15) is 0 Å². The minimum Gasteiger partial charge on any atom is -0.454 e. The molecule has 2 aromatic carbocycles. The van der Waals surface area contributed by atoms with Crippen molar-refractivity contribution < 1.29 is 14.2 Å². The van der Waals surface area contributed by atoms with Gasteiger partial charge in [0.15, 0.2) is 6.79 Å². The van der Waals surface area contributed by atoms with Crippen LogP contribution in [-0.4, -0.2) is 12.4 Å². The van der Waals surface area contributed by atoms with E-state index in [1.807, 2.05) is 48.5 Å². The smallest absolute Gasteiger partial charge is 0.268 e. The first-order valence-corrected chi connectivity index (χ1v) is 6.84. The molecule has 1 saturated heterocycles. The predicted octanol–water partition coefficient (Wildman–Crippen LogP) is 3.24. The molecule has 0 aliphatic carbocycles. The van der Waals surface area contributed by atoms with Crippen molar-refractivity contribution in [2.75, 3.05) is 6.79 Å². The molecule has 1 fully saturated rings. The van der Waals surface area contributed by atoms with Gasteiger partial charge in [0.05, 0.1) is 0 Å². The second-order valence-corrected chi connectivity index (χ2v) is 5.51. The van der Waals surface area contributed by atoms with Gasteiger partial charge in [-0.2, -0.15) is 0 Å². The van der Waals surface area contributed by atoms with Crippen molar-refractivity contribution in [1.82, 2.24) is 0 Å². The molecule has 0 spiro atoms. The summed E-state index contributed by atoms with van der Waals surface area (Å²) in [5.74, 6) is 0.0159. The van der Waals surface area contributed by atoms with Crippen molar-refractivity contribution >= 4 is 0 Å². The maximum atomic E-state index is 6.29. The molecule has 0 bridgehead atoms. The molecular formula is C17H16O3. The van der Waals surface area contributed by atoms with E-state index in [2.05, 4.69) is 13.0 Å². The van der Waals surface area contributed by atoms with Crippen molar-refractivity contribution in [2.24, 2.45) is 0 Å². The monoisotopic (exact) mass is 268 g/mol. The second-order valence-electron chi connectivity index (χ2n) is 5.51. The Morgan fingerprint density at radius 3 is 2.50 bits per heavy atom. The summed E-state index contributed by atoms with van der Waals surface area (Å²) in [6.45, 7) is 2.31. The van der Waals surface area contributed by atoms with Gasteiger partial charge in [-0.1, -0.05) is 48.5 Å². The molecule has 2 atom stereocenters. The first-order chi connectivity index (χ1) is 9.74. The van der Waals surface area contributed by atoms with Gasteiger partial charge in [-0.25, -0.2) is 0 Å². The van der Waals surface area contributed by atoms with Gasteiger partial charge in [0.25, 0.3) is 5.79 Å². The minimum atomic E-state index is -0.859. The molecule has 102 valence electrons. The molecule has 0 radical (unpaired) electrons. The largest absolute Gasteiger partial charge is 0.454 e. The molecule has 0 saturated carbocycles. The van der Waals surface area contributed by atoms with Gasteiger partial charge in [0.1, 0.15) is 11.4 Å². The Kier molecular flexibility index (Phi) is 2.43. The minimum absolute atomic E-state index is 0.249. The highest BCUT2D eigenvalue weighted by Crippen LogP contribution is 2.51. The van der Waals surface area contributed by atoms with Gasteiger partial charge >= 0.3 is 0 Å². The molecule has 2 aromatic rings. The van der Waals surface area contributed by atoms with Crippen molar-refractivity contribution in [2.45, 2.75) is 24.7 Å². The number of benzene rings is 2. The number of rotatable bonds is 1. The second kappa shape index (κ2) is 4.08. The lowest BCUT2D eigenvalue weighted by Gasteiger charge is -2.44. The Morgan fingerprint density at radius 1 is 0.900 bits per heavy atom. The van der Waals surface area contributed by atoms with E-state index in [1.54, 1.807) is 0 Å². The van der Waals surface area contributed by atoms with Crippen LogP contribution < -0.4 is 4.74 Å². The molecular weight excluding hydrogens is 252 g/mol. The SMILES string of the molecule is CC12Cc3ccccc3OC1(c1ccccc1)OCO2. The molecule has 0 amide bonds. The fraction of sp³-hybridized carbons (Fsp3) is 0.294. The average molecular weight is 268 g/mol. The molecule has 3 heteroatoms. The van der Waals surface area contributed by atoms with Gasteiger partial charge < -0.3 is 14.2 Å². The van der Waals surface area contributed by atoms with E-state index < -0.39 is 11.4 Å². The lowest BCUT2D eigenvalue weighted by Crippen LogP contribution is -2.55. The highest BCUT2D eigenvalue weighted by Gasteiger charge is 2.61. The molecule has 3 nitrogen and oxygen atoms in total. The summed E-state index contributed by atoms with van der Waals surface area (Å²) in [4.78, 5) is 0. The van der Waals surface area contributed by atoms with Crippen LogP contribution in [0.15, 0.2) is 54.6 Å². The average Bonchev–Trinajstić information content (AvgIpc) is 2.82. The summed E-state index contributed by atoms with van der Waals surface area (Å²) >= 11 is 0. The van der Waals surface area contributed by atoms with Crippen LogP contribution in [0.5, 0.6) is 5.75 Å². The Labute approximate surface area is 118 Å². The van der Waals surface area contributed by atoms with E-state index in [0.717, 1.165) is 23.3 Å². The lowest BCUT2D eigenvalue weighted by molar-refractivity contribution is -0.203. The Hall–Kier alpha value is -1.84. The number of ether oxygens (including phenoxy) is 3. The number of para-hydroxylation sites is 1. The summed E-state index contributed by atoms with van der Waals surface area (Å²) < 4.78 is 18.1. The third-order valence-electron chi connectivity index (χ3n) is 4.24. The number of fused-ring (bicyclic) bond motifs is 2. The summed E-state index contributed by atoms with van der Waals surface area (Å²) in [6.07, 6.45) is 0.776. The number of hydrogen-bond acceptors (Lipinski definition) is 3. The lowest BCUT2D eigenvalue weighted by atomic mass is 9.81. The fourth-order valence-electron chi connectivity index (χ4n) is 3.17. The summed E-state index contributed by atoms with van der Waals surface area (Å²) in [7, 11) is 0.